The van der Waals surface area contributed by atoms with Crippen molar-refractivity contribution in [2.75, 3.05) is 18.6 Å². The summed E-state index contributed by atoms with van der Waals surface area (Å²) in [5, 5.41) is 10.6. The summed E-state index contributed by atoms with van der Waals surface area (Å²) in [6.45, 7) is -0.0578. The molecule has 2 aromatic carbocycles. The van der Waals surface area contributed by atoms with Crippen molar-refractivity contribution in [3.63, 3.8) is 0 Å². The van der Waals surface area contributed by atoms with Crippen LogP contribution in [0.15, 0.2) is 57.4 Å². The van der Waals surface area contributed by atoms with E-state index in [4.69, 9.17) is 9.15 Å². The zero-order chi connectivity index (χ0) is 22.2. The summed E-state index contributed by atoms with van der Waals surface area (Å²) in [7, 11) is 1.60. The van der Waals surface area contributed by atoms with Gasteiger partial charge < -0.3 is 19.4 Å². The highest BCUT2D eigenvalue weighted by Gasteiger charge is 2.33. The van der Waals surface area contributed by atoms with Gasteiger partial charge >= 0.3 is 0 Å². The van der Waals surface area contributed by atoms with Gasteiger partial charge in [-0.05, 0) is 17.7 Å². The first-order valence-corrected chi connectivity index (χ1v) is 9.94. The Bertz CT molecular complexity index is 1300. The number of nitrogens with zero attached hydrogens (tertiary/aromatic N) is 4. The van der Waals surface area contributed by atoms with E-state index in [9.17, 15) is 14.0 Å². The van der Waals surface area contributed by atoms with Crippen molar-refractivity contribution in [1.29, 1.82) is 0 Å². The highest BCUT2D eigenvalue weighted by Crippen LogP contribution is 2.34. The Morgan fingerprint density at radius 3 is 2.97 bits per heavy atom. The molecule has 2 amide bonds. The van der Waals surface area contributed by atoms with E-state index in [1.165, 1.54) is 17.4 Å². The molecular weight excluding hydrogens is 417 g/mol. The average Bonchev–Trinajstić information content (AvgIpc) is 3.43. The van der Waals surface area contributed by atoms with Gasteiger partial charge in [0.15, 0.2) is 12.0 Å². The van der Waals surface area contributed by atoms with Crippen LogP contribution >= 0.6 is 0 Å². The molecule has 0 saturated carbocycles. The number of hydrogen-bond acceptors (Lipinski definition) is 7. The third-order valence-corrected chi connectivity index (χ3v) is 5.41. The van der Waals surface area contributed by atoms with Crippen molar-refractivity contribution in [2.24, 2.45) is 10.2 Å². The first kappa shape index (κ1) is 19.9. The van der Waals surface area contributed by atoms with Crippen molar-refractivity contribution in [3.8, 4) is 5.75 Å². The van der Waals surface area contributed by atoms with Crippen molar-refractivity contribution in [2.45, 2.75) is 18.9 Å². The number of nitrogens with one attached hydrogen (secondary N) is 1. The minimum absolute atomic E-state index is 0.0578. The maximum absolute atomic E-state index is 13.9. The Morgan fingerprint density at radius 2 is 2.12 bits per heavy atom. The molecule has 0 radical (unpaired) electrons. The van der Waals surface area contributed by atoms with E-state index in [0.717, 1.165) is 0 Å². The number of amides is 2. The molecule has 9 nitrogen and oxygen atoms in total. The number of rotatable bonds is 4. The highest BCUT2D eigenvalue weighted by atomic mass is 19.1. The molecule has 1 atom stereocenters. The van der Waals surface area contributed by atoms with E-state index >= 15 is 0 Å². The molecule has 0 spiro atoms. The van der Waals surface area contributed by atoms with Gasteiger partial charge in [-0.2, -0.15) is 5.10 Å². The van der Waals surface area contributed by atoms with Crippen LogP contribution in [0.4, 0.5) is 10.1 Å². The van der Waals surface area contributed by atoms with Crippen LogP contribution in [0, 0.1) is 5.82 Å². The quantitative estimate of drug-likeness (QED) is 0.676. The first-order valence-electron chi connectivity index (χ1n) is 9.94. The largest absolute Gasteiger partial charge is 0.489 e. The highest BCUT2D eigenvalue weighted by molar-refractivity contribution is 6.43. The number of fused-ring (bicyclic) bond motifs is 2. The second-order valence-corrected chi connectivity index (χ2v) is 7.53. The SMILES string of the molecule is CN1C(=O)[C@@H](NC(=O)C2=NN=C(Cc3ccccc3F)C2)COc2cc3ocnc3cc21. The Balaban J connectivity index is 1.25. The number of likely N-dealkylation sites (N-methyl/N-ethyl adjacent to an activating group) is 1. The standard InChI is InChI=1S/C22H18FN5O4/c1-28-18-8-15-19(32-11-24-15)9-20(18)31-10-17(22(28)30)25-21(29)16-7-13(26-27-16)6-12-4-2-3-5-14(12)23/h2-5,8-9,11,17H,6-7,10H2,1H3,(H,25,29)/t17-/m0/s1. The van der Waals surface area contributed by atoms with Gasteiger partial charge in [-0.1, -0.05) is 18.2 Å². The molecule has 0 aliphatic carbocycles. The summed E-state index contributed by atoms with van der Waals surface area (Å²) < 4.78 is 24.9. The van der Waals surface area contributed by atoms with E-state index < -0.39 is 11.9 Å². The molecule has 5 rings (SSSR count). The number of aromatic nitrogens is 1. The van der Waals surface area contributed by atoms with Crippen LogP contribution in [-0.2, 0) is 16.0 Å². The van der Waals surface area contributed by atoms with E-state index in [1.807, 2.05) is 0 Å². The molecule has 2 aliphatic rings. The lowest BCUT2D eigenvalue weighted by Gasteiger charge is -2.20. The molecule has 0 bridgehead atoms. The summed E-state index contributed by atoms with van der Waals surface area (Å²) in [5.41, 5.74) is 2.87. The normalized spacial score (nSPS) is 18.0. The lowest BCUT2D eigenvalue weighted by Crippen LogP contribution is -2.51. The van der Waals surface area contributed by atoms with Gasteiger partial charge in [-0.25, -0.2) is 9.37 Å². The van der Waals surface area contributed by atoms with Crippen molar-refractivity contribution < 1.29 is 23.1 Å². The fourth-order valence-corrected chi connectivity index (χ4v) is 3.67. The lowest BCUT2D eigenvalue weighted by molar-refractivity contribution is -0.124. The fourth-order valence-electron chi connectivity index (χ4n) is 3.67. The molecule has 0 unspecified atom stereocenters. The summed E-state index contributed by atoms with van der Waals surface area (Å²) in [6, 6.07) is 8.82. The molecule has 10 heteroatoms. The summed E-state index contributed by atoms with van der Waals surface area (Å²) in [4.78, 5) is 31.2. The Labute approximate surface area is 181 Å². The molecule has 0 saturated heterocycles. The molecule has 3 heterocycles. The zero-order valence-corrected chi connectivity index (χ0v) is 17.0. The smallest absolute Gasteiger partial charge is 0.268 e. The summed E-state index contributed by atoms with van der Waals surface area (Å²) in [6.07, 6.45) is 1.76. The molecule has 162 valence electrons. The predicted octanol–water partition coefficient (Wildman–Crippen LogP) is 2.25. The maximum Gasteiger partial charge on any atom is 0.268 e. The molecule has 2 aliphatic heterocycles. The third-order valence-electron chi connectivity index (χ3n) is 5.41. The first-order chi connectivity index (χ1) is 15.5. The van der Waals surface area contributed by atoms with E-state index in [-0.39, 0.29) is 36.9 Å². The zero-order valence-electron chi connectivity index (χ0n) is 17.0. The summed E-state index contributed by atoms with van der Waals surface area (Å²) in [5.74, 6) is -0.741. The molecule has 0 fully saturated rings. The van der Waals surface area contributed by atoms with Crippen molar-refractivity contribution in [3.05, 3.63) is 54.2 Å². The van der Waals surface area contributed by atoms with Gasteiger partial charge in [-0.3, -0.25) is 9.59 Å². The van der Waals surface area contributed by atoms with Gasteiger partial charge in [0.05, 0.1) is 11.4 Å². The van der Waals surface area contributed by atoms with Crippen LogP contribution < -0.4 is 15.0 Å². The third kappa shape index (κ3) is 3.59. The number of carbonyl (C=O) groups excluding carboxylic acids is 2. The fraction of sp³-hybridized carbons (Fsp3) is 0.227. The molecule has 32 heavy (non-hydrogen) atoms. The molecule has 3 aromatic rings. The van der Waals surface area contributed by atoms with Gasteiger partial charge in [0.2, 0.25) is 0 Å². The van der Waals surface area contributed by atoms with Crippen LogP contribution in [0.25, 0.3) is 11.1 Å². The number of carbonyl (C=O) groups is 2. The van der Waals surface area contributed by atoms with Crippen LogP contribution in [0.2, 0.25) is 0 Å². The summed E-state index contributed by atoms with van der Waals surface area (Å²) >= 11 is 0. The molecule has 1 N–H and O–H groups in total. The monoisotopic (exact) mass is 435 g/mol. The number of benzene rings is 2. The minimum Gasteiger partial charge on any atom is -0.489 e. The van der Waals surface area contributed by atoms with Crippen LogP contribution in [0.5, 0.6) is 5.75 Å². The number of oxazole rings is 1. The second-order valence-electron chi connectivity index (χ2n) is 7.53. The Kier molecular flexibility index (Phi) is 4.89. The van der Waals surface area contributed by atoms with Crippen molar-refractivity contribution >= 4 is 40.0 Å². The van der Waals surface area contributed by atoms with Gasteiger partial charge in [0, 0.05) is 26.0 Å². The van der Waals surface area contributed by atoms with E-state index in [0.29, 0.717) is 33.8 Å². The van der Waals surface area contributed by atoms with Gasteiger partial charge in [-0.15, -0.1) is 5.10 Å². The van der Waals surface area contributed by atoms with Gasteiger partial charge in [0.25, 0.3) is 11.8 Å². The van der Waals surface area contributed by atoms with Crippen LogP contribution in [-0.4, -0.2) is 47.9 Å². The number of halogens is 1. The topological polar surface area (TPSA) is 109 Å². The van der Waals surface area contributed by atoms with Crippen LogP contribution in [0.3, 0.4) is 0 Å². The van der Waals surface area contributed by atoms with E-state index in [1.54, 1.807) is 37.4 Å². The van der Waals surface area contributed by atoms with Crippen molar-refractivity contribution in [1.82, 2.24) is 10.3 Å². The number of ether oxygens (including phenoxy) is 1. The van der Waals surface area contributed by atoms with Gasteiger partial charge in [0.1, 0.15) is 35.4 Å². The minimum atomic E-state index is -0.919. The lowest BCUT2D eigenvalue weighted by atomic mass is 10.0. The maximum atomic E-state index is 13.9. The molecular formula is C22H18FN5O4. The Hall–Kier alpha value is -4.08. The predicted molar refractivity (Wildman–Crippen MR) is 114 cm³/mol. The number of anilines is 1. The second kappa shape index (κ2) is 7.88. The van der Waals surface area contributed by atoms with Crippen LogP contribution in [0.1, 0.15) is 12.0 Å². The Morgan fingerprint density at radius 1 is 1.28 bits per heavy atom. The molecule has 1 aromatic heterocycles. The van der Waals surface area contributed by atoms with E-state index in [2.05, 4.69) is 20.5 Å². The average molecular weight is 435 g/mol. The number of hydrogen-bond donors (Lipinski definition) is 1.